The summed E-state index contributed by atoms with van der Waals surface area (Å²) in [5.41, 5.74) is 1.82. The molecule has 1 aromatic heterocycles. The summed E-state index contributed by atoms with van der Waals surface area (Å²) in [6, 6.07) is 8.86. The first kappa shape index (κ1) is 28.0. The number of unbranched alkanes of at least 4 members (excludes halogenated alkanes) is 5. The number of nitrogens with zero attached hydrogens (tertiary/aromatic N) is 3. The van der Waals surface area contributed by atoms with Crippen molar-refractivity contribution in [2.45, 2.75) is 89.8 Å². The highest BCUT2D eigenvalue weighted by Crippen LogP contribution is 2.18. The molecule has 0 bridgehead atoms. The second-order valence-corrected chi connectivity index (χ2v) is 8.82. The van der Waals surface area contributed by atoms with E-state index in [1.807, 2.05) is 41.2 Å². The number of aromatic nitrogens is 3. The average molecular weight is 475 g/mol. The minimum atomic E-state index is -0.706. The topological polar surface area (TPSA) is 110 Å². The van der Waals surface area contributed by atoms with E-state index in [2.05, 4.69) is 22.6 Å². The fourth-order valence-corrected chi connectivity index (χ4v) is 3.83. The zero-order valence-corrected chi connectivity index (χ0v) is 20.6. The van der Waals surface area contributed by atoms with Crippen LogP contribution < -0.4 is 5.32 Å². The summed E-state index contributed by atoms with van der Waals surface area (Å²) >= 11 is 0. The summed E-state index contributed by atoms with van der Waals surface area (Å²) in [5.74, 6) is -0.0671. The number of rotatable bonds is 19. The van der Waals surface area contributed by atoms with Crippen molar-refractivity contribution in [3.05, 3.63) is 47.8 Å². The van der Waals surface area contributed by atoms with Crippen LogP contribution in [-0.2, 0) is 22.5 Å². The third kappa shape index (κ3) is 11.7. The van der Waals surface area contributed by atoms with Gasteiger partial charge >= 0.3 is 0 Å². The summed E-state index contributed by atoms with van der Waals surface area (Å²) in [5, 5.41) is 31.1. The molecule has 0 saturated heterocycles. The molecule has 0 aliphatic carbocycles. The Kier molecular flexibility index (Phi) is 14.1. The number of amides is 1. The molecule has 1 amide bonds. The molecule has 34 heavy (non-hydrogen) atoms. The van der Waals surface area contributed by atoms with E-state index in [0.29, 0.717) is 19.4 Å². The van der Waals surface area contributed by atoms with E-state index < -0.39 is 12.1 Å². The maximum Gasteiger partial charge on any atom is 0.220 e. The van der Waals surface area contributed by atoms with Crippen LogP contribution in [0.4, 0.5) is 0 Å². The molecule has 0 spiro atoms. The summed E-state index contributed by atoms with van der Waals surface area (Å²) in [6.07, 6.45) is 10.3. The van der Waals surface area contributed by atoms with Crippen LogP contribution in [0.15, 0.2) is 36.5 Å². The van der Waals surface area contributed by atoms with Crippen molar-refractivity contribution < 1.29 is 19.7 Å². The predicted octanol–water partition coefficient (Wildman–Crippen LogP) is 3.58. The lowest BCUT2D eigenvalue weighted by Crippen LogP contribution is -2.38. The molecular formula is C26H42N4O4. The Morgan fingerprint density at radius 2 is 1.82 bits per heavy atom. The van der Waals surface area contributed by atoms with Crippen molar-refractivity contribution in [3.8, 4) is 0 Å². The number of hydrogen-bond donors (Lipinski definition) is 3. The largest absolute Gasteiger partial charge is 0.394 e. The van der Waals surface area contributed by atoms with E-state index in [9.17, 15) is 15.0 Å². The van der Waals surface area contributed by atoms with Gasteiger partial charge in [-0.3, -0.25) is 4.79 Å². The van der Waals surface area contributed by atoms with Crippen LogP contribution >= 0.6 is 0 Å². The Morgan fingerprint density at radius 3 is 2.56 bits per heavy atom. The van der Waals surface area contributed by atoms with Gasteiger partial charge in [0.2, 0.25) is 5.91 Å². The molecule has 190 valence electrons. The van der Waals surface area contributed by atoms with Gasteiger partial charge in [0, 0.05) is 19.2 Å². The smallest absolute Gasteiger partial charge is 0.220 e. The first-order valence-electron chi connectivity index (χ1n) is 12.7. The van der Waals surface area contributed by atoms with Gasteiger partial charge in [-0.15, -0.1) is 5.10 Å². The Morgan fingerprint density at radius 1 is 1.09 bits per heavy atom. The Labute approximate surface area is 203 Å². The summed E-state index contributed by atoms with van der Waals surface area (Å²) in [6.45, 7) is 4.11. The molecule has 0 aliphatic rings. The van der Waals surface area contributed by atoms with E-state index in [1.54, 1.807) is 0 Å². The summed E-state index contributed by atoms with van der Waals surface area (Å²) in [7, 11) is 0. The maximum atomic E-state index is 12.2. The third-order valence-electron chi connectivity index (χ3n) is 5.76. The molecule has 8 heteroatoms. The number of carbonyl (C=O) groups excluding carboxylic acids is 1. The van der Waals surface area contributed by atoms with Gasteiger partial charge in [-0.05, 0) is 37.7 Å². The molecule has 0 aliphatic heterocycles. The molecule has 2 atom stereocenters. The number of ether oxygens (including phenoxy) is 1. The lowest BCUT2D eigenvalue weighted by molar-refractivity contribution is -0.122. The molecule has 0 saturated carbocycles. The number of nitrogens with one attached hydrogen (secondary N) is 1. The molecule has 3 N–H and O–H groups in total. The zero-order chi connectivity index (χ0) is 24.4. The van der Waals surface area contributed by atoms with Gasteiger partial charge in [-0.1, -0.05) is 68.2 Å². The molecule has 2 rings (SSSR count). The molecule has 0 fully saturated rings. The van der Waals surface area contributed by atoms with Crippen LogP contribution in [0.2, 0.25) is 0 Å². The van der Waals surface area contributed by atoms with Gasteiger partial charge in [0.05, 0.1) is 37.6 Å². The van der Waals surface area contributed by atoms with Crippen molar-refractivity contribution in [3.63, 3.8) is 0 Å². The molecular weight excluding hydrogens is 432 g/mol. The quantitative estimate of drug-likeness (QED) is 0.269. The maximum absolute atomic E-state index is 12.2. The van der Waals surface area contributed by atoms with Crippen molar-refractivity contribution in [2.75, 3.05) is 19.8 Å². The average Bonchev–Trinajstić information content (AvgIpc) is 3.31. The Bertz CT molecular complexity index is 784. The van der Waals surface area contributed by atoms with Gasteiger partial charge in [0.25, 0.3) is 0 Å². The Hall–Kier alpha value is -2.29. The highest BCUT2D eigenvalue weighted by molar-refractivity contribution is 5.76. The van der Waals surface area contributed by atoms with E-state index in [1.165, 1.54) is 0 Å². The van der Waals surface area contributed by atoms with Crippen LogP contribution in [0.5, 0.6) is 0 Å². The summed E-state index contributed by atoms with van der Waals surface area (Å²) in [4.78, 5) is 12.2. The van der Waals surface area contributed by atoms with Crippen molar-refractivity contribution in [1.82, 2.24) is 20.3 Å². The van der Waals surface area contributed by atoms with Gasteiger partial charge < -0.3 is 20.3 Å². The Balaban J connectivity index is 1.48. The number of benzene rings is 1. The van der Waals surface area contributed by atoms with Crippen LogP contribution in [0.1, 0.15) is 82.1 Å². The minimum Gasteiger partial charge on any atom is -0.394 e. The number of hydrogen-bond acceptors (Lipinski definition) is 6. The second kappa shape index (κ2) is 17.2. The van der Waals surface area contributed by atoms with E-state index >= 15 is 0 Å². The predicted molar refractivity (Wildman–Crippen MR) is 132 cm³/mol. The number of aliphatic hydroxyl groups excluding tert-OH is 2. The molecule has 8 nitrogen and oxygen atoms in total. The number of aryl methyl sites for hydroxylation is 1. The van der Waals surface area contributed by atoms with Gasteiger partial charge in [0.15, 0.2) is 0 Å². The van der Waals surface area contributed by atoms with Crippen molar-refractivity contribution in [1.29, 1.82) is 0 Å². The first-order chi connectivity index (χ1) is 16.6. The molecule has 0 radical (unpaired) electrons. The van der Waals surface area contributed by atoms with E-state index in [-0.39, 0.29) is 12.5 Å². The summed E-state index contributed by atoms with van der Waals surface area (Å²) < 4.78 is 7.32. The van der Waals surface area contributed by atoms with E-state index in [4.69, 9.17) is 4.74 Å². The fraction of sp³-hybridized carbons (Fsp3) is 0.654. The lowest BCUT2D eigenvalue weighted by atomic mass is 10.0. The normalized spacial score (nSPS) is 13.0. The molecule has 1 aromatic carbocycles. The van der Waals surface area contributed by atoms with Crippen molar-refractivity contribution in [2.24, 2.45) is 0 Å². The van der Waals surface area contributed by atoms with Crippen LogP contribution in [0.25, 0.3) is 0 Å². The second-order valence-electron chi connectivity index (χ2n) is 8.82. The highest BCUT2D eigenvalue weighted by Gasteiger charge is 2.17. The standard InChI is InChI=1S/C26H42N4O4/c1-2-17-34-18-16-30-20-23(28-29-30)14-10-5-3-4-6-11-15-26(33)27-24(21-31)19-25(32)22-12-8-7-9-13-22/h7-9,12-13,20,24-25,31-32H,2-6,10-11,14-19,21H2,1H3,(H,27,33)/t24-,25+/m1/s1. The fourth-order valence-electron chi connectivity index (χ4n) is 3.83. The van der Waals surface area contributed by atoms with Crippen LogP contribution in [0.3, 0.4) is 0 Å². The number of carbonyl (C=O) groups is 1. The zero-order valence-electron chi connectivity index (χ0n) is 20.6. The number of aliphatic hydroxyl groups is 2. The third-order valence-corrected chi connectivity index (χ3v) is 5.76. The van der Waals surface area contributed by atoms with Gasteiger partial charge in [-0.25, -0.2) is 4.68 Å². The van der Waals surface area contributed by atoms with E-state index in [0.717, 1.165) is 75.8 Å². The van der Waals surface area contributed by atoms with Crippen LogP contribution in [0, 0.1) is 0 Å². The first-order valence-corrected chi connectivity index (χ1v) is 12.7. The minimum absolute atomic E-state index is 0.0671. The highest BCUT2D eigenvalue weighted by atomic mass is 16.5. The lowest BCUT2D eigenvalue weighted by Gasteiger charge is -2.20. The molecule has 2 aromatic rings. The SMILES string of the molecule is CCCOCCn1cc(CCCCCCCCC(=O)N[C@@H](CO)C[C@H](O)c2ccccc2)nn1. The van der Waals surface area contributed by atoms with Crippen molar-refractivity contribution >= 4 is 5.91 Å². The van der Waals surface area contributed by atoms with Crippen LogP contribution in [-0.4, -0.2) is 57.0 Å². The molecule has 1 heterocycles. The van der Waals surface area contributed by atoms with Gasteiger partial charge in [-0.2, -0.15) is 0 Å². The molecule has 0 unspecified atom stereocenters. The van der Waals surface area contributed by atoms with Gasteiger partial charge in [0.1, 0.15) is 0 Å². The monoisotopic (exact) mass is 474 g/mol.